The molecule has 2 rings (SSSR count). The molecule has 2 N–H and O–H groups in total. The van der Waals surface area contributed by atoms with Gasteiger partial charge in [0.2, 0.25) is 5.91 Å². The average molecular weight is 198 g/mol. The fourth-order valence-corrected chi connectivity index (χ4v) is 1.80. The van der Waals surface area contributed by atoms with Gasteiger partial charge in [0.05, 0.1) is 5.75 Å². The number of nitrogens with two attached hydrogens (primary N) is 1. The van der Waals surface area contributed by atoms with E-state index >= 15 is 0 Å². The van der Waals surface area contributed by atoms with Gasteiger partial charge < -0.3 is 10.3 Å². The number of hydrogen-bond acceptors (Lipinski definition) is 4. The molecule has 5 nitrogen and oxygen atoms in total. The number of amides is 1. The SMILES string of the molecule is NC(=O)CSc1nncn1C1CC1. The summed E-state index contributed by atoms with van der Waals surface area (Å²) in [5.41, 5.74) is 5.03. The fraction of sp³-hybridized carbons (Fsp3) is 0.571. The third-order valence-corrected chi connectivity index (χ3v) is 2.80. The summed E-state index contributed by atoms with van der Waals surface area (Å²) < 4.78 is 2.01. The van der Waals surface area contributed by atoms with Crippen molar-refractivity contribution in [2.24, 2.45) is 5.73 Å². The molecule has 1 heterocycles. The second-order valence-corrected chi connectivity index (χ2v) is 3.95. The van der Waals surface area contributed by atoms with Crippen LogP contribution in [0.25, 0.3) is 0 Å². The van der Waals surface area contributed by atoms with Gasteiger partial charge in [-0.3, -0.25) is 4.79 Å². The zero-order valence-electron chi connectivity index (χ0n) is 7.01. The van der Waals surface area contributed by atoms with E-state index in [4.69, 9.17) is 5.73 Å². The highest BCUT2D eigenvalue weighted by atomic mass is 32.2. The van der Waals surface area contributed by atoms with E-state index in [1.807, 2.05) is 4.57 Å². The molecule has 0 bridgehead atoms. The lowest BCUT2D eigenvalue weighted by Gasteiger charge is -2.01. The maximum Gasteiger partial charge on any atom is 0.227 e. The summed E-state index contributed by atoms with van der Waals surface area (Å²) in [6, 6.07) is 0.547. The van der Waals surface area contributed by atoms with Gasteiger partial charge in [-0.2, -0.15) is 0 Å². The molecule has 1 aliphatic carbocycles. The van der Waals surface area contributed by atoms with Crippen molar-refractivity contribution in [1.29, 1.82) is 0 Å². The summed E-state index contributed by atoms with van der Waals surface area (Å²) in [4.78, 5) is 10.5. The highest BCUT2D eigenvalue weighted by Gasteiger charge is 2.26. The Labute approximate surface area is 79.7 Å². The first-order chi connectivity index (χ1) is 6.27. The summed E-state index contributed by atoms with van der Waals surface area (Å²) in [5.74, 6) is -0.0545. The lowest BCUT2D eigenvalue weighted by atomic mass is 10.7. The quantitative estimate of drug-likeness (QED) is 0.701. The number of nitrogens with zero attached hydrogens (tertiary/aromatic N) is 3. The lowest BCUT2D eigenvalue weighted by Crippen LogP contribution is -2.13. The van der Waals surface area contributed by atoms with Crippen molar-refractivity contribution < 1.29 is 4.79 Å². The van der Waals surface area contributed by atoms with Crippen molar-refractivity contribution in [2.75, 3.05) is 5.75 Å². The Bertz CT molecular complexity index is 320. The van der Waals surface area contributed by atoms with Crippen molar-refractivity contribution in [2.45, 2.75) is 24.0 Å². The number of rotatable bonds is 4. The molecule has 6 heteroatoms. The molecule has 70 valence electrons. The molecule has 0 aromatic carbocycles. The zero-order valence-corrected chi connectivity index (χ0v) is 7.83. The Kier molecular flexibility index (Phi) is 2.22. The van der Waals surface area contributed by atoms with Crippen LogP contribution in [0.4, 0.5) is 0 Å². The van der Waals surface area contributed by atoms with Gasteiger partial charge in [0.25, 0.3) is 0 Å². The molecule has 0 radical (unpaired) electrons. The van der Waals surface area contributed by atoms with Gasteiger partial charge in [-0.05, 0) is 12.8 Å². The van der Waals surface area contributed by atoms with Gasteiger partial charge in [-0.25, -0.2) is 0 Å². The van der Waals surface area contributed by atoms with Crippen LogP contribution in [0.5, 0.6) is 0 Å². The molecule has 1 saturated carbocycles. The highest BCUT2D eigenvalue weighted by Crippen LogP contribution is 2.37. The van der Waals surface area contributed by atoms with Crippen LogP contribution in [0, 0.1) is 0 Å². The topological polar surface area (TPSA) is 73.8 Å². The van der Waals surface area contributed by atoms with Crippen molar-refractivity contribution in [3.8, 4) is 0 Å². The Morgan fingerprint density at radius 1 is 1.77 bits per heavy atom. The normalized spacial score (nSPS) is 16.0. The van der Waals surface area contributed by atoms with Crippen LogP contribution in [0.2, 0.25) is 0 Å². The van der Waals surface area contributed by atoms with Crippen LogP contribution >= 0.6 is 11.8 Å². The van der Waals surface area contributed by atoms with Crippen molar-refractivity contribution in [3.63, 3.8) is 0 Å². The molecule has 0 aliphatic heterocycles. The molecule has 0 unspecified atom stereocenters. The predicted octanol–water partition coefficient (Wildman–Crippen LogP) is 0.190. The molecule has 0 saturated heterocycles. The van der Waals surface area contributed by atoms with Crippen LogP contribution in [-0.4, -0.2) is 26.4 Å². The highest BCUT2D eigenvalue weighted by molar-refractivity contribution is 7.99. The van der Waals surface area contributed by atoms with E-state index in [2.05, 4.69) is 10.2 Å². The standard InChI is InChI=1S/C7H10N4OS/c8-6(12)3-13-7-10-9-4-11(7)5-1-2-5/h4-5H,1-3H2,(H2,8,12). The van der Waals surface area contributed by atoms with E-state index in [1.54, 1.807) is 6.33 Å². The van der Waals surface area contributed by atoms with Gasteiger partial charge in [-0.15, -0.1) is 10.2 Å². The minimum atomic E-state index is -0.324. The molecule has 1 fully saturated rings. The molecule has 1 aliphatic rings. The lowest BCUT2D eigenvalue weighted by molar-refractivity contribution is -0.115. The van der Waals surface area contributed by atoms with Crippen LogP contribution in [-0.2, 0) is 4.79 Å². The molecular formula is C7H10N4OS. The van der Waals surface area contributed by atoms with Gasteiger partial charge >= 0.3 is 0 Å². The first-order valence-corrected chi connectivity index (χ1v) is 5.06. The van der Waals surface area contributed by atoms with E-state index < -0.39 is 0 Å². The predicted molar refractivity (Wildman–Crippen MR) is 48.2 cm³/mol. The van der Waals surface area contributed by atoms with Crippen LogP contribution in [0.15, 0.2) is 11.5 Å². The van der Waals surface area contributed by atoms with Gasteiger partial charge in [0.15, 0.2) is 5.16 Å². The molecule has 0 atom stereocenters. The fourth-order valence-electron chi connectivity index (χ4n) is 1.07. The smallest absolute Gasteiger partial charge is 0.227 e. The number of aromatic nitrogens is 3. The minimum Gasteiger partial charge on any atom is -0.369 e. The van der Waals surface area contributed by atoms with E-state index in [1.165, 1.54) is 24.6 Å². The Balaban J connectivity index is 2.02. The Hall–Kier alpha value is -1.04. The molecular weight excluding hydrogens is 188 g/mol. The number of thioether (sulfide) groups is 1. The largest absolute Gasteiger partial charge is 0.369 e. The van der Waals surface area contributed by atoms with Crippen molar-refractivity contribution >= 4 is 17.7 Å². The van der Waals surface area contributed by atoms with E-state index in [9.17, 15) is 4.79 Å². The third-order valence-electron chi connectivity index (χ3n) is 1.82. The number of carbonyl (C=O) groups excluding carboxylic acids is 1. The molecule has 0 spiro atoms. The van der Waals surface area contributed by atoms with E-state index in [-0.39, 0.29) is 11.7 Å². The van der Waals surface area contributed by atoms with E-state index in [0.717, 1.165) is 5.16 Å². The summed E-state index contributed by atoms with van der Waals surface area (Å²) in [6.45, 7) is 0. The second kappa shape index (κ2) is 3.37. The van der Waals surface area contributed by atoms with Gasteiger partial charge in [0, 0.05) is 6.04 Å². The van der Waals surface area contributed by atoms with Crippen LogP contribution in [0.3, 0.4) is 0 Å². The summed E-state index contributed by atoms with van der Waals surface area (Å²) in [7, 11) is 0. The minimum absolute atomic E-state index is 0.269. The maximum absolute atomic E-state index is 10.5. The van der Waals surface area contributed by atoms with Gasteiger partial charge in [0.1, 0.15) is 6.33 Å². The van der Waals surface area contributed by atoms with Gasteiger partial charge in [-0.1, -0.05) is 11.8 Å². The molecule has 1 aromatic rings. The van der Waals surface area contributed by atoms with Crippen molar-refractivity contribution in [3.05, 3.63) is 6.33 Å². The summed E-state index contributed by atoms with van der Waals surface area (Å²) in [5, 5.41) is 8.51. The van der Waals surface area contributed by atoms with Crippen molar-refractivity contribution in [1.82, 2.24) is 14.8 Å². The summed E-state index contributed by atoms with van der Waals surface area (Å²) in [6.07, 6.45) is 4.07. The first kappa shape index (κ1) is 8.55. The van der Waals surface area contributed by atoms with Crippen LogP contribution in [0.1, 0.15) is 18.9 Å². The molecule has 1 amide bonds. The summed E-state index contributed by atoms with van der Waals surface area (Å²) >= 11 is 1.34. The molecule has 1 aromatic heterocycles. The second-order valence-electron chi connectivity index (χ2n) is 3.01. The number of primary amides is 1. The average Bonchev–Trinajstić information content (AvgIpc) is 2.82. The zero-order chi connectivity index (χ0) is 9.26. The first-order valence-electron chi connectivity index (χ1n) is 4.08. The van der Waals surface area contributed by atoms with E-state index in [0.29, 0.717) is 6.04 Å². The van der Waals surface area contributed by atoms with Crippen LogP contribution < -0.4 is 5.73 Å². The Morgan fingerprint density at radius 2 is 2.54 bits per heavy atom. The third kappa shape index (κ3) is 2.00. The molecule has 13 heavy (non-hydrogen) atoms. The number of hydrogen-bond donors (Lipinski definition) is 1. The number of carbonyl (C=O) groups is 1. The monoisotopic (exact) mass is 198 g/mol. The maximum atomic E-state index is 10.5. The Morgan fingerprint density at radius 3 is 3.15 bits per heavy atom.